The molecule has 2 unspecified atom stereocenters. The van der Waals surface area contributed by atoms with E-state index in [1.807, 2.05) is 31.2 Å². The Hall–Kier alpha value is -3.27. The fourth-order valence-corrected chi connectivity index (χ4v) is 4.83. The molecule has 0 spiro atoms. The highest BCUT2D eigenvalue weighted by molar-refractivity contribution is 6.14. The zero-order valence-corrected chi connectivity index (χ0v) is 17.7. The van der Waals surface area contributed by atoms with Crippen LogP contribution in [-0.4, -0.2) is 39.8 Å². The lowest BCUT2D eigenvalue weighted by Crippen LogP contribution is -2.79. The van der Waals surface area contributed by atoms with E-state index < -0.39 is 28.7 Å². The smallest absolute Gasteiger partial charge is 0.322 e. The molecule has 5 aliphatic rings. The third-order valence-electron chi connectivity index (χ3n) is 6.46. The van der Waals surface area contributed by atoms with Gasteiger partial charge in [-0.1, -0.05) is 29.0 Å². The van der Waals surface area contributed by atoms with Crippen molar-refractivity contribution < 1.29 is 24.3 Å². The molecule has 5 heterocycles. The Morgan fingerprint density at radius 2 is 1.71 bits per heavy atom. The van der Waals surface area contributed by atoms with Gasteiger partial charge in [0.05, 0.1) is 11.6 Å². The fourth-order valence-electron chi connectivity index (χ4n) is 4.83. The lowest BCUT2D eigenvalue weighted by Gasteiger charge is -2.47. The van der Waals surface area contributed by atoms with Crippen molar-refractivity contribution >= 4 is 34.9 Å². The quantitative estimate of drug-likeness (QED) is 0.484. The number of nitrogens with zero attached hydrogens (tertiary/aromatic N) is 3. The van der Waals surface area contributed by atoms with E-state index in [0.717, 1.165) is 11.1 Å². The number of quaternary nitrogens is 1. The number of urea groups is 1. The van der Waals surface area contributed by atoms with Gasteiger partial charge in [0.15, 0.2) is 0 Å². The van der Waals surface area contributed by atoms with Gasteiger partial charge in [-0.2, -0.15) is 4.79 Å². The second kappa shape index (κ2) is 6.36. The van der Waals surface area contributed by atoms with E-state index in [4.69, 9.17) is 0 Å². The molecule has 0 radical (unpaired) electrons. The number of rotatable bonds is 1. The highest BCUT2D eigenvalue weighted by Gasteiger charge is 2.59. The average Bonchev–Trinajstić information content (AvgIpc) is 2.81. The lowest BCUT2D eigenvalue weighted by molar-refractivity contribution is -0.918. The first-order valence-electron chi connectivity index (χ1n) is 10.3. The van der Waals surface area contributed by atoms with E-state index >= 15 is 0 Å². The Bertz CT molecular complexity index is 1160. The molecule has 0 aromatic heterocycles. The summed E-state index contributed by atoms with van der Waals surface area (Å²) in [6.45, 7) is 6.98. The van der Waals surface area contributed by atoms with Gasteiger partial charge < -0.3 is 5.32 Å². The third kappa shape index (κ3) is 2.33. The molecule has 0 fully saturated rings. The molecule has 4 amide bonds. The summed E-state index contributed by atoms with van der Waals surface area (Å²) in [6.07, 6.45) is 0. The minimum atomic E-state index is -0.826. The summed E-state index contributed by atoms with van der Waals surface area (Å²) in [5, 5.41) is 15.9. The maximum atomic E-state index is 14.0. The van der Waals surface area contributed by atoms with Crippen LogP contribution in [0.3, 0.4) is 0 Å². The first kappa shape index (κ1) is 19.7. The van der Waals surface area contributed by atoms with Crippen LogP contribution >= 0.6 is 0 Å². The molecule has 3 N–H and O–H groups in total. The second-order valence-electron chi connectivity index (χ2n) is 8.53. The van der Waals surface area contributed by atoms with Crippen LogP contribution in [0.4, 0.5) is 21.9 Å². The van der Waals surface area contributed by atoms with Crippen LogP contribution in [0.1, 0.15) is 39.2 Å². The van der Waals surface area contributed by atoms with E-state index in [2.05, 4.69) is 10.7 Å². The van der Waals surface area contributed by atoms with Crippen molar-refractivity contribution in [2.45, 2.75) is 45.7 Å². The second-order valence-corrected chi connectivity index (χ2v) is 8.53. The topological polar surface area (TPSA) is 102 Å². The van der Waals surface area contributed by atoms with E-state index in [1.54, 1.807) is 32.9 Å². The first-order valence-corrected chi connectivity index (χ1v) is 10.3. The number of hydrogen-bond acceptors (Lipinski definition) is 5. The number of carbonyl (C=O) groups excluding carboxylic acids is 3. The molecule has 2 aromatic rings. The van der Waals surface area contributed by atoms with Crippen molar-refractivity contribution in [2.75, 3.05) is 15.4 Å². The molecule has 0 saturated carbocycles. The van der Waals surface area contributed by atoms with Gasteiger partial charge in [0.25, 0.3) is 5.91 Å². The van der Waals surface area contributed by atoms with Crippen LogP contribution in [0.5, 0.6) is 0 Å². The number of carbonyl (C=O) groups is 3. The van der Waals surface area contributed by atoms with Gasteiger partial charge >= 0.3 is 6.03 Å². The van der Waals surface area contributed by atoms with E-state index in [1.165, 1.54) is 5.01 Å². The normalized spacial score (nSPS) is 26.8. The Kier molecular flexibility index (Phi) is 4.04. The summed E-state index contributed by atoms with van der Waals surface area (Å²) in [6, 6.07) is 8.65. The van der Waals surface area contributed by atoms with Gasteiger partial charge in [-0.15, -0.1) is 15.5 Å². The van der Waals surface area contributed by atoms with Gasteiger partial charge in [0.1, 0.15) is 23.5 Å². The number of nitrogens with one attached hydrogen (secondary N) is 2. The number of benzene rings is 2. The van der Waals surface area contributed by atoms with Gasteiger partial charge in [-0.3, -0.25) is 14.8 Å². The number of hydroxylamine groups is 1. The maximum absolute atomic E-state index is 14.0. The standard InChI is InChI=1S/C22H23N5O4/c1-11(2)27-22(30)26(31)17-10-9-16-18(19(17)23-20(28)13(4)24-27)15-8-6-5-7-14(15)12(3)21(29)25(16)27/h5-13,24,31H,1-4H3/p+1/t12?,13-,27?/m0/s1. The van der Waals surface area contributed by atoms with Crippen LogP contribution in [-0.2, 0) is 9.59 Å². The average molecular weight is 422 g/mol. The zero-order chi connectivity index (χ0) is 22.2. The Balaban J connectivity index is 2.02. The highest BCUT2D eigenvalue weighted by atomic mass is 16.5. The molecule has 0 saturated heterocycles. The Morgan fingerprint density at radius 1 is 1.03 bits per heavy atom. The SMILES string of the molecule is CC1C(=O)N2c3ccc4c(c3-c3ccccc31)NC(=O)[C@H](C)N[N+]2(C(C)C)C(=O)N4O. The number of amides is 4. The Labute approximate surface area is 179 Å². The Morgan fingerprint density at radius 3 is 2.42 bits per heavy atom. The highest BCUT2D eigenvalue weighted by Crippen LogP contribution is 2.52. The third-order valence-corrected chi connectivity index (χ3v) is 6.46. The van der Waals surface area contributed by atoms with Crippen LogP contribution in [0.25, 0.3) is 11.1 Å². The molecule has 9 nitrogen and oxygen atoms in total. The maximum Gasteiger partial charge on any atom is 0.492 e. The van der Waals surface area contributed by atoms with Gasteiger partial charge in [0, 0.05) is 5.56 Å². The molecular weight excluding hydrogens is 398 g/mol. The monoisotopic (exact) mass is 422 g/mol. The predicted molar refractivity (Wildman–Crippen MR) is 114 cm³/mol. The summed E-state index contributed by atoms with van der Waals surface area (Å²) in [5.74, 6) is -1.23. The number of anilines is 3. The van der Waals surface area contributed by atoms with Crippen molar-refractivity contribution in [1.82, 2.24) is 5.43 Å². The lowest BCUT2D eigenvalue weighted by atomic mass is 9.91. The summed E-state index contributed by atoms with van der Waals surface area (Å²) >= 11 is 0. The molecule has 5 aliphatic heterocycles. The largest absolute Gasteiger partial charge is 0.492 e. The number of fused-ring (bicyclic) bond motifs is 5. The van der Waals surface area contributed by atoms with Crippen LogP contribution in [0.15, 0.2) is 36.4 Å². The zero-order valence-electron chi connectivity index (χ0n) is 17.7. The van der Waals surface area contributed by atoms with Gasteiger partial charge in [-0.25, -0.2) is 0 Å². The fraction of sp³-hybridized carbons (Fsp3) is 0.318. The molecule has 9 heteroatoms. The summed E-state index contributed by atoms with van der Waals surface area (Å²) < 4.78 is -0.748. The predicted octanol–water partition coefficient (Wildman–Crippen LogP) is 3.12. The van der Waals surface area contributed by atoms with E-state index in [0.29, 0.717) is 22.0 Å². The molecule has 160 valence electrons. The van der Waals surface area contributed by atoms with Crippen LogP contribution in [0, 0.1) is 0 Å². The molecule has 3 atom stereocenters. The van der Waals surface area contributed by atoms with E-state index in [9.17, 15) is 19.6 Å². The molecule has 0 aliphatic carbocycles. The van der Waals surface area contributed by atoms with Crippen LogP contribution < -0.4 is 20.8 Å². The minimum Gasteiger partial charge on any atom is -0.322 e. The van der Waals surface area contributed by atoms with E-state index in [-0.39, 0.29) is 17.5 Å². The summed E-state index contributed by atoms with van der Waals surface area (Å²) in [7, 11) is 0. The molecule has 6 bridgehead atoms. The van der Waals surface area contributed by atoms with Crippen molar-refractivity contribution in [3.63, 3.8) is 0 Å². The van der Waals surface area contributed by atoms with Crippen molar-refractivity contribution in [1.29, 1.82) is 0 Å². The van der Waals surface area contributed by atoms with Gasteiger partial charge in [-0.05, 0) is 51.0 Å². The van der Waals surface area contributed by atoms with Crippen molar-refractivity contribution in [3.05, 3.63) is 42.0 Å². The summed E-state index contributed by atoms with van der Waals surface area (Å²) in [5.41, 5.74) is 6.18. The number of hydrogen-bond donors (Lipinski definition) is 3. The molecular formula is C22H24N5O4+. The minimum absolute atomic E-state index is 0.160. The van der Waals surface area contributed by atoms with Crippen molar-refractivity contribution in [2.24, 2.45) is 0 Å². The molecule has 7 rings (SSSR count). The van der Waals surface area contributed by atoms with Crippen LogP contribution in [0.2, 0.25) is 0 Å². The molecule has 31 heavy (non-hydrogen) atoms. The van der Waals surface area contributed by atoms with Crippen molar-refractivity contribution in [3.8, 4) is 11.1 Å². The molecule has 2 aromatic carbocycles. The summed E-state index contributed by atoms with van der Waals surface area (Å²) in [4.78, 5) is 40.8. The van der Waals surface area contributed by atoms with Gasteiger partial charge in [0.2, 0.25) is 5.91 Å². The first-order chi connectivity index (χ1) is 14.7.